The van der Waals surface area contributed by atoms with Crippen LogP contribution in [0.2, 0.25) is 0 Å². The summed E-state index contributed by atoms with van der Waals surface area (Å²) in [6.45, 7) is 2.34. The molecule has 0 saturated carbocycles. The summed E-state index contributed by atoms with van der Waals surface area (Å²) in [5.74, 6) is 0. The normalized spacial score (nSPS) is 13.2. The van der Waals surface area contributed by atoms with E-state index in [2.05, 4.69) is 23.7 Å². The van der Waals surface area contributed by atoms with Crippen LogP contribution in [0.15, 0.2) is 11.4 Å². The van der Waals surface area contributed by atoms with Crippen LogP contribution in [0.1, 0.15) is 22.9 Å². The van der Waals surface area contributed by atoms with Gasteiger partial charge in [0.05, 0.1) is 0 Å². The molecule has 0 fully saturated rings. The summed E-state index contributed by atoms with van der Waals surface area (Å²) in [5, 5.41) is 14.1. The Morgan fingerprint density at radius 3 is 2.83 bits per heavy atom. The Bertz CT molecular complexity index is 234. The molecule has 0 amide bonds. The number of rotatable bonds is 4. The Morgan fingerprint density at radius 1 is 1.67 bits per heavy atom. The van der Waals surface area contributed by atoms with E-state index in [0.29, 0.717) is 6.04 Å². The summed E-state index contributed by atoms with van der Waals surface area (Å²) in [7, 11) is 1.93. The van der Waals surface area contributed by atoms with E-state index >= 15 is 0 Å². The van der Waals surface area contributed by atoms with Gasteiger partial charge in [0.15, 0.2) is 0 Å². The molecule has 2 N–H and O–H groups in total. The molecule has 0 aromatic carbocycles. The van der Waals surface area contributed by atoms with Gasteiger partial charge in [-0.2, -0.15) is 0 Å². The van der Waals surface area contributed by atoms with Crippen LogP contribution in [0.4, 0.5) is 0 Å². The molecule has 3 heteroatoms. The van der Waals surface area contributed by atoms with Gasteiger partial charge in [0, 0.05) is 17.5 Å². The van der Waals surface area contributed by atoms with Gasteiger partial charge >= 0.3 is 0 Å². The van der Waals surface area contributed by atoms with Gasteiger partial charge in [-0.1, -0.05) is 0 Å². The Balaban J connectivity index is 2.72. The molecule has 1 atom stereocenters. The summed E-state index contributed by atoms with van der Waals surface area (Å²) in [6, 6.07) is 2.43. The lowest BCUT2D eigenvalue weighted by Gasteiger charge is -2.13. The average Bonchev–Trinajstić information content (AvgIpc) is 2.47. The minimum Gasteiger partial charge on any atom is -0.396 e. The van der Waals surface area contributed by atoms with Gasteiger partial charge in [-0.3, -0.25) is 0 Å². The van der Waals surface area contributed by atoms with E-state index < -0.39 is 0 Å². The standard InChI is InChI=1S/C9H15NOS/c1-7-4-6-12-9(7)8(10-2)3-5-11/h4,6,8,10-11H,3,5H2,1-2H3/t8-/m0/s1. The topological polar surface area (TPSA) is 32.3 Å². The summed E-state index contributed by atoms with van der Waals surface area (Å²) in [5.41, 5.74) is 1.31. The van der Waals surface area contributed by atoms with Crippen molar-refractivity contribution < 1.29 is 5.11 Å². The zero-order valence-electron chi connectivity index (χ0n) is 7.50. The van der Waals surface area contributed by atoms with Crippen molar-refractivity contribution in [3.8, 4) is 0 Å². The third kappa shape index (κ3) is 2.06. The SMILES string of the molecule is CN[C@@H](CCO)c1sccc1C. The molecular weight excluding hydrogens is 170 g/mol. The smallest absolute Gasteiger partial charge is 0.0449 e. The summed E-state index contributed by atoms with van der Waals surface area (Å²) >= 11 is 1.75. The van der Waals surface area contributed by atoms with Crippen molar-refractivity contribution in [2.24, 2.45) is 0 Å². The first-order valence-electron chi connectivity index (χ1n) is 4.11. The van der Waals surface area contributed by atoms with E-state index in [1.54, 1.807) is 11.3 Å². The van der Waals surface area contributed by atoms with Crippen molar-refractivity contribution in [2.75, 3.05) is 13.7 Å². The molecular formula is C9H15NOS. The predicted octanol–water partition coefficient (Wildman–Crippen LogP) is 1.70. The highest BCUT2D eigenvalue weighted by Crippen LogP contribution is 2.25. The number of nitrogens with one attached hydrogen (secondary N) is 1. The first-order valence-corrected chi connectivity index (χ1v) is 4.99. The van der Waals surface area contributed by atoms with Crippen LogP contribution in [0, 0.1) is 6.92 Å². The molecule has 1 aromatic rings. The summed E-state index contributed by atoms with van der Waals surface area (Å²) in [4.78, 5) is 1.34. The number of aryl methyl sites for hydroxylation is 1. The maximum atomic E-state index is 8.82. The van der Waals surface area contributed by atoms with Crippen molar-refractivity contribution in [3.63, 3.8) is 0 Å². The maximum Gasteiger partial charge on any atom is 0.0449 e. The summed E-state index contributed by atoms with van der Waals surface area (Å²) < 4.78 is 0. The second-order valence-electron chi connectivity index (χ2n) is 2.82. The lowest BCUT2D eigenvalue weighted by Crippen LogP contribution is -2.17. The number of thiophene rings is 1. The fourth-order valence-electron chi connectivity index (χ4n) is 1.28. The van der Waals surface area contributed by atoms with Gasteiger partial charge in [-0.25, -0.2) is 0 Å². The molecule has 0 bridgehead atoms. The molecule has 0 saturated heterocycles. The molecule has 0 radical (unpaired) electrons. The van der Waals surface area contributed by atoms with Gasteiger partial charge in [0.2, 0.25) is 0 Å². The molecule has 1 aromatic heterocycles. The molecule has 0 aliphatic rings. The van der Waals surface area contributed by atoms with Crippen molar-refractivity contribution in [3.05, 3.63) is 21.9 Å². The minimum atomic E-state index is 0.239. The minimum absolute atomic E-state index is 0.239. The molecule has 0 spiro atoms. The molecule has 0 unspecified atom stereocenters. The van der Waals surface area contributed by atoms with E-state index in [-0.39, 0.29) is 6.61 Å². The third-order valence-corrected chi connectivity index (χ3v) is 3.12. The van der Waals surface area contributed by atoms with E-state index in [1.807, 2.05) is 7.05 Å². The molecule has 68 valence electrons. The number of aliphatic hydroxyl groups excluding tert-OH is 1. The second-order valence-corrected chi connectivity index (χ2v) is 3.77. The number of hydrogen-bond acceptors (Lipinski definition) is 3. The van der Waals surface area contributed by atoms with Gasteiger partial charge in [-0.15, -0.1) is 11.3 Å². The van der Waals surface area contributed by atoms with Crippen LogP contribution in [0.3, 0.4) is 0 Å². The zero-order valence-corrected chi connectivity index (χ0v) is 8.32. The van der Waals surface area contributed by atoms with Gasteiger partial charge < -0.3 is 10.4 Å². The van der Waals surface area contributed by atoms with Crippen LogP contribution >= 0.6 is 11.3 Å². The van der Waals surface area contributed by atoms with E-state index in [9.17, 15) is 0 Å². The average molecular weight is 185 g/mol. The molecule has 12 heavy (non-hydrogen) atoms. The monoisotopic (exact) mass is 185 g/mol. The quantitative estimate of drug-likeness (QED) is 0.748. The van der Waals surface area contributed by atoms with Crippen molar-refractivity contribution in [1.29, 1.82) is 0 Å². The number of aliphatic hydroxyl groups is 1. The largest absolute Gasteiger partial charge is 0.396 e. The first-order chi connectivity index (χ1) is 5.79. The second kappa shape index (κ2) is 4.60. The van der Waals surface area contributed by atoms with Crippen molar-refractivity contribution in [2.45, 2.75) is 19.4 Å². The van der Waals surface area contributed by atoms with E-state index in [0.717, 1.165) is 6.42 Å². The van der Waals surface area contributed by atoms with Gasteiger partial charge in [0.1, 0.15) is 0 Å². The molecule has 1 rings (SSSR count). The van der Waals surface area contributed by atoms with Crippen LogP contribution in [-0.2, 0) is 0 Å². The first kappa shape index (κ1) is 9.71. The van der Waals surface area contributed by atoms with Crippen molar-refractivity contribution in [1.82, 2.24) is 5.32 Å². The summed E-state index contributed by atoms with van der Waals surface area (Å²) in [6.07, 6.45) is 0.790. The Hall–Kier alpha value is -0.380. The van der Waals surface area contributed by atoms with E-state index in [4.69, 9.17) is 5.11 Å². The highest BCUT2D eigenvalue weighted by molar-refractivity contribution is 7.10. The zero-order chi connectivity index (χ0) is 8.97. The highest BCUT2D eigenvalue weighted by atomic mass is 32.1. The van der Waals surface area contributed by atoms with Crippen molar-refractivity contribution >= 4 is 11.3 Å². The molecule has 0 aliphatic carbocycles. The number of hydrogen-bond donors (Lipinski definition) is 2. The Kier molecular flexibility index (Phi) is 3.72. The molecule has 2 nitrogen and oxygen atoms in total. The lowest BCUT2D eigenvalue weighted by molar-refractivity contribution is 0.269. The Labute approximate surface area is 77.2 Å². The predicted molar refractivity (Wildman–Crippen MR) is 52.6 cm³/mol. The van der Waals surface area contributed by atoms with Crippen LogP contribution in [0.25, 0.3) is 0 Å². The van der Waals surface area contributed by atoms with Gasteiger partial charge in [-0.05, 0) is 37.4 Å². The molecule has 0 aliphatic heterocycles. The van der Waals surface area contributed by atoms with Crippen LogP contribution in [0.5, 0.6) is 0 Å². The third-order valence-electron chi connectivity index (χ3n) is 1.98. The fourth-order valence-corrected chi connectivity index (χ4v) is 2.35. The van der Waals surface area contributed by atoms with Crippen LogP contribution in [-0.4, -0.2) is 18.8 Å². The Morgan fingerprint density at radius 2 is 2.42 bits per heavy atom. The molecule has 1 heterocycles. The van der Waals surface area contributed by atoms with Gasteiger partial charge in [0.25, 0.3) is 0 Å². The van der Waals surface area contributed by atoms with E-state index in [1.165, 1.54) is 10.4 Å². The fraction of sp³-hybridized carbons (Fsp3) is 0.556. The highest BCUT2D eigenvalue weighted by Gasteiger charge is 2.11. The maximum absolute atomic E-state index is 8.82. The lowest BCUT2D eigenvalue weighted by atomic mass is 10.1. The van der Waals surface area contributed by atoms with Crippen LogP contribution < -0.4 is 5.32 Å².